The van der Waals surface area contributed by atoms with E-state index in [2.05, 4.69) is 196 Å². The van der Waals surface area contributed by atoms with Crippen LogP contribution in [0.5, 0.6) is 0 Å². The first kappa shape index (κ1) is 36.3. The highest BCUT2D eigenvalue weighted by Gasteiger charge is 2.12. The van der Waals surface area contributed by atoms with Gasteiger partial charge in [0.15, 0.2) is 0 Å². The fourth-order valence-corrected chi connectivity index (χ4v) is 7.91. The molecule has 4 nitrogen and oxygen atoms in total. The number of benzene rings is 7. The Hall–Kier alpha value is -8.08. The fraction of sp³-hybridized carbons (Fsp3) is 0. The predicted molar refractivity (Wildman–Crippen MR) is 247 cm³/mol. The quantitative estimate of drug-likeness (QED) is 0.147. The molecule has 10 aromatic rings. The van der Waals surface area contributed by atoms with E-state index < -0.39 is 0 Å². The van der Waals surface area contributed by atoms with E-state index in [1.54, 1.807) is 6.33 Å². The lowest BCUT2D eigenvalue weighted by atomic mass is 9.91. The van der Waals surface area contributed by atoms with Crippen molar-refractivity contribution in [2.45, 2.75) is 0 Å². The molecule has 60 heavy (non-hydrogen) atoms. The van der Waals surface area contributed by atoms with Crippen LogP contribution in [0.25, 0.3) is 100 Å². The number of rotatable bonds is 9. The van der Waals surface area contributed by atoms with Crippen molar-refractivity contribution in [2.24, 2.45) is 0 Å². The van der Waals surface area contributed by atoms with Gasteiger partial charge in [-0.3, -0.25) is 9.97 Å². The van der Waals surface area contributed by atoms with E-state index in [1.165, 1.54) is 16.7 Å². The van der Waals surface area contributed by atoms with Crippen molar-refractivity contribution in [3.63, 3.8) is 0 Å². The van der Waals surface area contributed by atoms with Crippen LogP contribution >= 0.6 is 0 Å². The molecule has 3 aromatic heterocycles. The van der Waals surface area contributed by atoms with E-state index in [-0.39, 0.29) is 0 Å². The molecule has 0 N–H and O–H groups in total. The van der Waals surface area contributed by atoms with E-state index in [0.29, 0.717) is 0 Å². The molecule has 0 atom stereocenters. The van der Waals surface area contributed by atoms with Crippen molar-refractivity contribution in [1.29, 1.82) is 0 Å². The van der Waals surface area contributed by atoms with E-state index in [4.69, 9.17) is 0 Å². The molecule has 0 saturated carbocycles. The molecule has 0 amide bonds. The Morgan fingerprint density at radius 2 is 0.400 bits per heavy atom. The zero-order chi connectivity index (χ0) is 40.1. The predicted octanol–water partition coefficient (Wildman–Crippen LogP) is 14.3. The van der Waals surface area contributed by atoms with Gasteiger partial charge in [-0.05, 0) is 150 Å². The molecule has 0 aliphatic heterocycles. The van der Waals surface area contributed by atoms with E-state index in [1.807, 2.05) is 49.3 Å². The summed E-state index contributed by atoms with van der Waals surface area (Å²) in [6.07, 6.45) is 12.7. The average molecular weight is 767 g/mol. The van der Waals surface area contributed by atoms with Crippen LogP contribution in [0.3, 0.4) is 0 Å². The zero-order valence-electron chi connectivity index (χ0n) is 32.7. The van der Waals surface area contributed by atoms with Crippen LogP contribution in [0.1, 0.15) is 0 Å². The van der Waals surface area contributed by atoms with Gasteiger partial charge in [-0.25, -0.2) is 9.97 Å². The molecule has 0 unspecified atom stereocenters. The highest BCUT2D eigenvalue weighted by molar-refractivity contribution is 5.85. The Morgan fingerprint density at radius 3 is 0.717 bits per heavy atom. The van der Waals surface area contributed by atoms with Crippen LogP contribution in [-0.4, -0.2) is 19.9 Å². The minimum absolute atomic E-state index is 0.996. The molecule has 0 aliphatic carbocycles. The van der Waals surface area contributed by atoms with Gasteiger partial charge in [-0.2, -0.15) is 0 Å². The van der Waals surface area contributed by atoms with Gasteiger partial charge in [0.25, 0.3) is 0 Å². The summed E-state index contributed by atoms with van der Waals surface area (Å²) in [6, 6.07) is 67.6. The van der Waals surface area contributed by atoms with Gasteiger partial charge in [-0.1, -0.05) is 121 Å². The second-order valence-corrected chi connectivity index (χ2v) is 14.9. The van der Waals surface area contributed by atoms with Crippen molar-refractivity contribution in [3.8, 4) is 100 Å². The standard InChI is InChI=1S/C56H38N4/c1-9-39(43-13-3-17-47(27-43)51-21-7-23-57-34-51)25-40(10-1)44-14-4-18-48(28-44)53-31-54(33-55(32-53)52-22-8-24-58-35-52)49-19-5-15-45(29-49)41-11-2-12-42(26-41)46-16-6-20-50(30-46)56-36-59-38-60-37-56/h1-38H. The van der Waals surface area contributed by atoms with Crippen molar-refractivity contribution in [2.75, 3.05) is 0 Å². The lowest BCUT2D eigenvalue weighted by Crippen LogP contribution is -1.89. The van der Waals surface area contributed by atoms with Crippen molar-refractivity contribution >= 4 is 0 Å². The van der Waals surface area contributed by atoms with Crippen molar-refractivity contribution in [1.82, 2.24) is 19.9 Å². The summed E-state index contributed by atoms with van der Waals surface area (Å²) in [5.41, 5.74) is 20.4. The summed E-state index contributed by atoms with van der Waals surface area (Å²) >= 11 is 0. The van der Waals surface area contributed by atoms with Gasteiger partial charge < -0.3 is 0 Å². The zero-order valence-corrected chi connectivity index (χ0v) is 32.7. The molecule has 0 spiro atoms. The summed E-state index contributed by atoms with van der Waals surface area (Å²) in [5, 5.41) is 0. The number of hydrogen-bond acceptors (Lipinski definition) is 4. The molecule has 7 aromatic carbocycles. The summed E-state index contributed by atoms with van der Waals surface area (Å²) < 4.78 is 0. The first-order chi connectivity index (χ1) is 29.7. The maximum absolute atomic E-state index is 4.48. The Balaban J connectivity index is 0.997. The van der Waals surface area contributed by atoms with Crippen LogP contribution in [0.15, 0.2) is 232 Å². The Bertz CT molecular complexity index is 2900. The SMILES string of the molecule is c1cncc(-c2cccc(-c3cccc(-c4cccc(-c5cc(-c6cccnc6)cc(-c6cccc(-c7cccc(-c8cccc(-c9cncnc9)c8)c7)c6)c5)c4)c3)c2)c1. The third-order valence-corrected chi connectivity index (χ3v) is 11.0. The number of pyridine rings is 2. The first-order valence-corrected chi connectivity index (χ1v) is 20.0. The maximum atomic E-state index is 4.48. The van der Waals surface area contributed by atoms with E-state index in [0.717, 1.165) is 83.5 Å². The lowest BCUT2D eigenvalue weighted by molar-refractivity contribution is 1.17. The van der Waals surface area contributed by atoms with E-state index in [9.17, 15) is 0 Å². The molecular formula is C56H38N4. The van der Waals surface area contributed by atoms with Gasteiger partial charge in [0.05, 0.1) is 0 Å². The largest absolute Gasteiger partial charge is 0.264 e. The van der Waals surface area contributed by atoms with Gasteiger partial charge >= 0.3 is 0 Å². The highest BCUT2D eigenvalue weighted by Crippen LogP contribution is 2.37. The van der Waals surface area contributed by atoms with Crippen LogP contribution in [0, 0.1) is 0 Å². The lowest BCUT2D eigenvalue weighted by Gasteiger charge is -2.14. The highest BCUT2D eigenvalue weighted by atomic mass is 14.8. The molecule has 0 aliphatic rings. The summed E-state index contributed by atoms with van der Waals surface area (Å²) in [6.45, 7) is 0. The minimum atomic E-state index is 0.996. The molecule has 10 rings (SSSR count). The smallest absolute Gasteiger partial charge is 0.115 e. The molecule has 0 radical (unpaired) electrons. The molecule has 0 fully saturated rings. The van der Waals surface area contributed by atoms with Gasteiger partial charge in [-0.15, -0.1) is 0 Å². The molecule has 0 bridgehead atoms. The van der Waals surface area contributed by atoms with Crippen molar-refractivity contribution in [3.05, 3.63) is 232 Å². The Morgan fingerprint density at radius 1 is 0.183 bits per heavy atom. The third-order valence-electron chi connectivity index (χ3n) is 11.0. The van der Waals surface area contributed by atoms with Gasteiger partial charge in [0.1, 0.15) is 6.33 Å². The maximum Gasteiger partial charge on any atom is 0.115 e. The summed E-state index contributed by atoms with van der Waals surface area (Å²) in [7, 11) is 0. The molecule has 4 heteroatoms. The normalized spacial score (nSPS) is 11.0. The molecular weight excluding hydrogens is 729 g/mol. The summed E-state index contributed by atoms with van der Waals surface area (Å²) in [5.74, 6) is 0. The first-order valence-electron chi connectivity index (χ1n) is 20.0. The monoisotopic (exact) mass is 766 g/mol. The van der Waals surface area contributed by atoms with Gasteiger partial charge in [0.2, 0.25) is 0 Å². The Kier molecular flexibility index (Phi) is 9.92. The average Bonchev–Trinajstić information content (AvgIpc) is 3.35. The van der Waals surface area contributed by atoms with Crippen LogP contribution in [-0.2, 0) is 0 Å². The van der Waals surface area contributed by atoms with E-state index >= 15 is 0 Å². The fourth-order valence-electron chi connectivity index (χ4n) is 7.91. The summed E-state index contributed by atoms with van der Waals surface area (Å²) in [4.78, 5) is 17.2. The van der Waals surface area contributed by atoms with Gasteiger partial charge in [0, 0.05) is 53.9 Å². The van der Waals surface area contributed by atoms with Crippen LogP contribution in [0.4, 0.5) is 0 Å². The topological polar surface area (TPSA) is 51.6 Å². The molecule has 282 valence electrons. The molecule has 0 saturated heterocycles. The second-order valence-electron chi connectivity index (χ2n) is 14.9. The molecule has 3 heterocycles. The van der Waals surface area contributed by atoms with Crippen LogP contribution < -0.4 is 0 Å². The minimum Gasteiger partial charge on any atom is -0.264 e. The van der Waals surface area contributed by atoms with Crippen LogP contribution in [0.2, 0.25) is 0 Å². The Labute approximate surface area is 350 Å². The number of hydrogen-bond donors (Lipinski definition) is 0. The third kappa shape index (κ3) is 7.78. The van der Waals surface area contributed by atoms with Crippen molar-refractivity contribution < 1.29 is 0 Å². The number of nitrogens with zero attached hydrogens (tertiary/aromatic N) is 4. The number of aromatic nitrogens is 4. The second kappa shape index (κ2) is 16.4.